The van der Waals surface area contributed by atoms with Gasteiger partial charge in [-0.15, -0.1) is 0 Å². The summed E-state index contributed by atoms with van der Waals surface area (Å²) >= 11 is 3.45. The number of anilines is 1. The van der Waals surface area contributed by atoms with Gasteiger partial charge in [-0.2, -0.15) is 0 Å². The van der Waals surface area contributed by atoms with Crippen LogP contribution in [0.1, 0.15) is 56.6 Å². The highest BCUT2D eigenvalue weighted by atomic mass is 79.9. The number of nitro groups is 1. The van der Waals surface area contributed by atoms with E-state index >= 15 is 0 Å². The van der Waals surface area contributed by atoms with Gasteiger partial charge in [0.25, 0.3) is 5.69 Å². The second-order valence-corrected chi connectivity index (χ2v) is 6.96. The predicted octanol–water partition coefficient (Wildman–Crippen LogP) is 5.39. The van der Waals surface area contributed by atoms with E-state index in [0.29, 0.717) is 0 Å². The lowest BCUT2D eigenvalue weighted by molar-refractivity contribution is -0.384. The molecule has 1 aliphatic rings. The zero-order chi connectivity index (χ0) is 16.1. The summed E-state index contributed by atoms with van der Waals surface area (Å²) in [6, 6.07) is 2.05. The molecule has 4 nitrogen and oxygen atoms in total. The number of hydrogen-bond acceptors (Lipinski definition) is 3. The summed E-state index contributed by atoms with van der Waals surface area (Å²) in [7, 11) is 0. The van der Waals surface area contributed by atoms with E-state index in [1.54, 1.807) is 0 Å². The van der Waals surface area contributed by atoms with Crippen LogP contribution in [0.4, 0.5) is 11.4 Å². The molecule has 0 unspecified atom stereocenters. The van der Waals surface area contributed by atoms with Crippen LogP contribution >= 0.6 is 15.9 Å². The van der Waals surface area contributed by atoms with Gasteiger partial charge in [0, 0.05) is 23.1 Å². The molecule has 22 heavy (non-hydrogen) atoms. The molecule has 2 rings (SSSR count). The van der Waals surface area contributed by atoms with Gasteiger partial charge < -0.3 is 4.90 Å². The number of benzene rings is 1. The van der Waals surface area contributed by atoms with Crippen LogP contribution in [0.2, 0.25) is 0 Å². The Bertz CT molecular complexity index is 546. The average Bonchev–Trinajstić information content (AvgIpc) is 2.86. The van der Waals surface area contributed by atoms with Gasteiger partial charge in [-0.25, -0.2) is 0 Å². The number of unbranched alkanes of at least 4 members (excludes halogenated alkanes) is 5. The topological polar surface area (TPSA) is 46.4 Å². The zero-order valence-corrected chi connectivity index (χ0v) is 15.1. The molecule has 0 atom stereocenters. The van der Waals surface area contributed by atoms with Crippen molar-refractivity contribution in [3.05, 3.63) is 31.8 Å². The third-order valence-electron chi connectivity index (χ3n) is 4.47. The van der Waals surface area contributed by atoms with Crippen LogP contribution in [-0.2, 0) is 6.42 Å². The summed E-state index contributed by atoms with van der Waals surface area (Å²) in [6.45, 7) is 5.88. The highest BCUT2D eigenvalue weighted by Crippen LogP contribution is 2.42. The van der Waals surface area contributed by atoms with Crippen molar-refractivity contribution < 1.29 is 4.92 Å². The second kappa shape index (κ2) is 7.95. The van der Waals surface area contributed by atoms with Crippen LogP contribution in [0.5, 0.6) is 0 Å². The van der Waals surface area contributed by atoms with Gasteiger partial charge in [-0.1, -0.05) is 55.0 Å². The first-order chi connectivity index (χ1) is 10.6. The van der Waals surface area contributed by atoms with Crippen LogP contribution in [0, 0.1) is 17.0 Å². The minimum atomic E-state index is -0.224. The van der Waals surface area contributed by atoms with E-state index < -0.39 is 0 Å². The maximum atomic E-state index is 11.5. The van der Waals surface area contributed by atoms with E-state index in [2.05, 4.69) is 33.8 Å². The predicted molar refractivity (Wildman–Crippen MR) is 94.8 cm³/mol. The Morgan fingerprint density at radius 3 is 2.64 bits per heavy atom. The fraction of sp³-hybridized carbons (Fsp3) is 0.647. The van der Waals surface area contributed by atoms with Crippen LogP contribution in [0.25, 0.3) is 0 Å². The SMILES string of the molecule is CCCCCCCCN1CCc2cc(Br)c(C)c([N+](=O)[O-])c21. The van der Waals surface area contributed by atoms with Crippen molar-refractivity contribution in [2.45, 2.75) is 58.8 Å². The summed E-state index contributed by atoms with van der Waals surface area (Å²) in [5, 5.41) is 11.5. The fourth-order valence-electron chi connectivity index (χ4n) is 3.21. The Morgan fingerprint density at radius 2 is 1.95 bits per heavy atom. The van der Waals surface area contributed by atoms with Gasteiger partial charge in [0.2, 0.25) is 0 Å². The molecule has 1 aromatic rings. The molecule has 5 heteroatoms. The fourth-order valence-corrected chi connectivity index (χ4v) is 3.68. The number of halogens is 1. The van der Waals surface area contributed by atoms with E-state index in [1.807, 2.05) is 6.92 Å². The number of nitrogens with zero attached hydrogens (tertiary/aromatic N) is 2. The Kier molecular flexibility index (Phi) is 6.24. The Hall–Kier alpha value is -1.10. The summed E-state index contributed by atoms with van der Waals surface area (Å²) in [6.07, 6.45) is 8.40. The van der Waals surface area contributed by atoms with Gasteiger partial charge in [0.1, 0.15) is 5.69 Å². The van der Waals surface area contributed by atoms with Crippen molar-refractivity contribution in [3.8, 4) is 0 Å². The minimum Gasteiger partial charge on any atom is -0.365 e. The van der Waals surface area contributed by atoms with Crippen LogP contribution in [0.3, 0.4) is 0 Å². The van der Waals surface area contributed by atoms with Gasteiger partial charge in [-0.05, 0) is 31.4 Å². The lowest BCUT2D eigenvalue weighted by atomic mass is 10.1. The largest absolute Gasteiger partial charge is 0.365 e. The first-order valence-corrected chi connectivity index (χ1v) is 9.06. The third kappa shape index (κ3) is 3.80. The van der Waals surface area contributed by atoms with Crippen molar-refractivity contribution in [3.63, 3.8) is 0 Å². The summed E-state index contributed by atoms with van der Waals surface area (Å²) in [5.41, 5.74) is 2.99. The van der Waals surface area contributed by atoms with Crippen molar-refractivity contribution in [2.75, 3.05) is 18.0 Å². The van der Waals surface area contributed by atoms with Crippen molar-refractivity contribution >= 4 is 27.3 Å². The monoisotopic (exact) mass is 368 g/mol. The quantitative estimate of drug-likeness (QED) is 0.351. The van der Waals surface area contributed by atoms with Gasteiger partial charge in [0.15, 0.2) is 0 Å². The summed E-state index contributed by atoms with van der Waals surface area (Å²) < 4.78 is 0.847. The highest BCUT2D eigenvalue weighted by molar-refractivity contribution is 9.10. The third-order valence-corrected chi connectivity index (χ3v) is 5.30. The number of rotatable bonds is 8. The van der Waals surface area contributed by atoms with Crippen LogP contribution in [0.15, 0.2) is 10.5 Å². The molecular weight excluding hydrogens is 344 g/mol. The summed E-state index contributed by atoms with van der Waals surface area (Å²) in [4.78, 5) is 13.5. The van der Waals surface area contributed by atoms with Crippen LogP contribution in [-0.4, -0.2) is 18.0 Å². The van der Waals surface area contributed by atoms with Crippen LogP contribution < -0.4 is 4.90 Å². The maximum Gasteiger partial charge on any atom is 0.296 e. The molecule has 0 fully saturated rings. The zero-order valence-electron chi connectivity index (χ0n) is 13.5. The first kappa shape index (κ1) is 17.3. The standard InChI is InChI=1S/C17H25BrN2O2/c1-3-4-5-6-7-8-10-19-11-9-14-12-15(18)13(2)16(17(14)19)20(21)22/h12H,3-11H2,1-2H3. The van der Waals surface area contributed by atoms with E-state index in [4.69, 9.17) is 0 Å². The molecule has 0 amide bonds. The molecule has 0 radical (unpaired) electrons. The van der Waals surface area contributed by atoms with E-state index in [1.165, 1.54) is 32.1 Å². The van der Waals surface area contributed by atoms with Gasteiger partial charge in [0.05, 0.1) is 4.92 Å². The van der Waals surface area contributed by atoms with E-state index in [0.717, 1.165) is 47.2 Å². The highest BCUT2D eigenvalue weighted by Gasteiger charge is 2.31. The van der Waals surface area contributed by atoms with Crippen molar-refractivity contribution in [2.24, 2.45) is 0 Å². The molecule has 0 saturated heterocycles. The maximum absolute atomic E-state index is 11.5. The molecule has 0 saturated carbocycles. The molecule has 1 heterocycles. The van der Waals surface area contributed by atoms with Gasteiger partial charge in [-0.3, -0.25) is 10.1 Å². The minimum absolute atomic E-state index is 0.224. The molecule has 0 N–H and O–H groups in total. The second-order valence-electron chi connectivity index (χ2n) is 6.10. The average molecular weight is 369 g/mol. The normalized spacial score (nSPS) is 13.5. The molecular formula is C17H25BrN2O2. The first-order valence-electron chi connectivity index (χ1n) is 8.27. The molecule has 122 valence electrons. The molecule has 0 spiro atoms. The van der Waals surface area contributed by atoms with E-state index in [9.17, 15) is 10.1 Å². The molecule has 0 aliphatic carbocycles. The molecule has 0 bridgehead atoms. The Labute approximate surface area is 141 Å². The van der Waals surface area contributed by atoms with Gasteiger partial charge >= 0.3 is 0 Å². The summed E-state index contributed by atoms with van der Waals surface area (Å²) in [5.74, 6) is 0. The Balaban J connectivity index is 2.05. The molecule has 1 aromatic carbocycles. The smallest absolute Gasteiger partial charge is 0.296 e. The number of hydrogen-bond donors (Lipinski definition) is 0. The van der Waals surface area contributed by atoms with Crippen molar-refractivity contribution in [1.29, 1.82) is 0 Å². The lowest BCUT2D eigenvalue weighted by Crippen LogP contribution is -2.22. The molecule has 1 aliphatic heterocycles. The number of nitro benzene ring substituents is 1. The Morgan fingerprint density at radius 1 is 1.27 bits per heavy atom. The van der Waals surface area contributed by atoms with Crippen molar-refractivity contribution in [1.82, 2.24) is 0 Å². The molecule has 0 aromatic heterocycles. The number of fused-ring (bicyclic) bond motifs is 1. The van der Waals surface area contributed by atoms with E-state index in [-0.39, 0.29) is 10.6 Å². The lowest BCUT2D eigenvalue weighted by Gasteiger charge is -2.20.